The summed E-state index contributed by atoms with van der Waals surface area (Å²) in [6.45, 7) is 4.31. The number of halogens is 3. The van der Waals surface area contributed by atoms with Crippen LogP contribution in [0.5, 0.6) is 0 Å². The number of hydrogen-bond acceptors (Lipinski definition) is 1. The Bertz CT molecular complexity index is 317. The SMILES string of the molecule is CCC(C)[C@@H](N)c1ccc(Cl)cc1Br.Cl. The first-order valence-electron chi connectivity index (χ1n) is 4.76. The molecule has 86 valence electrons. The minimum absolute atomic E-state index is 0. The van der Waals surface area contributed by atoms with Crippen LogP contribution in [-0.2, 0) is 0 Å². The van der Waals surface area contributed by atoms with Crippen molar-refractivity contribution < 1.29 is 0 Å². The van der Waals surface area contributed by atoms with Gasteiger partial charge < -0.3 is 5.73 Å². The van der Waals surface area contributed by atoms with Crippen LogP contribution < -0.4 is 5.73 Å². The van der Waals surface area contributed by atoms with Gasteiger partial charge in [0, 0.05) is 15.5 Å². The molecule has 0 saturated heterocycles. The topological polar surface area (TPSA) is 26.0 Å². The quantitative estimate of drug-likeness (QED) is 0.869. The van der Waals surface area contributed by atoms with Gasteiger partial charge in [0.15, 0.2) is 0 Å². The van der Waals surface area contributed by atoms with Gasteiger partial charge in [-0.1, -0.05) is 53.9 Å². The molecule has 0 fully saturated rings. The van der Waals surface area contributed by atoms with Gasteiger partial charge in [0.05, 0.1) is 0 Å². The van der Waals surface area contributed by atoms with Gasteiger partial charge in [0.25, 0.3) is 0 Å². The van der Waals surface area contributed by atoms with Crippen molar-refractivity contribution in [3.8, 4) is 0 Å². The maximum atomic E-state index is 6.13. The van der Waals surface area contributed by atoms with Gasteiger partial charge >= 0.3 is 0 Å². The molecule has 1 unspecified atom stereocenters. The summed E-state index contributed by atoms with van der Waals surface area (Å²) in [4.78, 5) is 0. The van der Waals surface area contributed by atoms with Crippen LogP contribution in [-0.4, -0.2) is 0 Å². The molecule has 0 saturated carbocycles. The molecule has 1 nitrogen and oxygen atoms in total. The molecule has 0 spiro atoms. The molecule has 0 amide bonds. The van der Waals surface area contributed by atoms with E-state index in [0.717, 1.165) is 21.5 Å². The van der Waals surface area contributed by atoms with Crippen LogP contribution >= 0.6 is 39.9 Å². The average molecular weight is 313 g/mol. The van der Waals surface area contributed by atoms with Crippen molar-refractivity contribution in [2.45, 2.75) is 26.3 Å². The summed E-state index contributed by atoms with van der Waals surface area (Å²) in [5.41, 5.74) is 7.26. The monoisotopic (exact) mass is 311 g/mol. The van der Waals surface area contributed by atoms with Gasteiger partial charge in [0.1, 0.15) is 0 Å². The Morgan fingerprint density at radius 3 is 2.53 bits per heavy atom. The van der Waals surface area contributed by atoms with E-state index in [2.05, 4.69) is 29.8 Å². The second-order valence-electron chi connectivity index (χ2n) is 3.58. The summed E-state index contributed by atoms with van der Waals surface area (Å²) >= 11 is 9.35. The zero-order valence-electron chi connectivity index (χ0n) is 8.84. The smallest absolute Gasteiger partial charge is 0.0417 e. The summed E-state index contributed by atoms with van der Waals surface area (Å²) in [5, 5.41) is 0.733. The number of nitrogens with two attached hydrogens (primary N) is 1. The van der Waals surface area contributed by atoms with E-state index in [1.54, 1.807) is 0 Å². The van der Waals surface area contributed by atoms with Crippen molar-refractivity contribution in [2.75, 3.05) is 0 Å². The largest absolute Gasteiger partial charge is 0.324 e. The standard InChI is InChI=1S/C11H15BrClN.ClH/c1-3-7(2)11(14)9-5-4-8(13)6-10(9)12;/h4-7,11H,3,14H2,1-2H3;1H/t7?,11-;/m1./s1. The van der Waals surface area contributed by atoms with Gasteiger partial charge in [-0.05, 0) is 23.6 Å². The van der Waals surface area contributed by atoms with Crippen LogP contribution in [0.2, 0.25) is 5.02 Å². The van der Waals surface area contributed by atoms with Crippen molar-refractivity contribution in [2.24, 2.45) is 11.7 Å². The molecule has 2 N–H and O–H groups in total. The molecule has 4 heteroatoms. The van der Waals surface area contributed by atoms with Crippen LogP contribution in [0.4, 0.5) is 0 Å². The third kappa shape index (κ3) is 3.95. The summed E-state index contributed by atoms with van der Waals surface area (Å²) in [6, 6.07) is 5.83. The summed E-state index contributed by atoms with van der Waals surface area (Å²) in [6.07, 6.45) is 1.08. The number of rotatable bonds is 3. The van der Waals surface area contributed by atoms with Crippen LogP contribution in [0.25, 0.3) is 0 Å². The van der Waals surface area contributed by atoms with Crippen LogP contribution in [0.1, 0.15) is 31.9 Å². The van der Waals surface area contributed by atoms with Gasteiger partial charge in [-0.25, -0.2) is 0 Å². The molecule has 0 aliphatic heterocycles. The molecule has 1 aromatic rings. The average Bonchev–Trinajstić information content (AvgIpc) is 2.15. The maximum Gasteiger partial charge on any atom is 0.0417 e. The molecule has 1 rings (SSSR count). The lowest BCUT2D eigenvalue weighted by Gasteiger charge is -2.20. The van der Waals surface area contributed by atoms with Crippen molar-refractivity contribution in [3.05, 3.63) is 33.3 Å². The molecule has 0 radical (unpaired) electrons. The molecule has 0 aromatic heterocycles. The number of benzene rings is 1. The Balaban J connectivity index is 0.00000196. The van der Waals surface area contributed by atoms with E-state index >= 15 is 0 Å². The highest BCUT2D eigenvalue weighted by Gasteiger charge is 2.15. The molecule has 0 bridgehead atoms. The zero-order valence-corrected chi connectivity index (χ0v) is 12.0. The van der Waals surface area contributed by atoms with Crippen LogP contribution in [0.15, 0.2) is 22.7 Å². The fourth-order valence-corrected chi connectivity index (χ4v) is 2.28. The lowest BCUT2D eigenvalue weighted by Crippen LogP contribution is -2.18. The molecule has 0 aliphatic rings. The highest BCUT2D eigenvalue weighted by Crippen LogP contribution is 2.30. The second kappa shape index (κ2) is 6.74. The van der Waals surface area contributed by atoms with E-state index in [-0.39, 0.29) is 18.4 Å². The fourth-order valence-electron chi connectivity index (χ4n) is 1.33. The zero-order chi connectivity index (χ0) is 10.7. The third-order valence-corrected chi connectivity index (χ3v) is 3.50. The second-order valence-corrected chi connectivity index (χ2v) is 4.87. The van der Waals surface area contributed by atoms with Crippen LogP contribution in [0, 0.1) is 5.92 Å². The summed E-state index contributed by atoms with van der Waals surface area (Å²) in [5.74, 6) is 0.479. The Labute approximate surface area is 111 Å². The third-order valence-electron chi connectivity index (χ3n) is 2.58. The molecule has 2 atom stereocenters. The van der Waals surface area contributed by atoms with E-state index < -0.39 is 0 Å². The van der Waals surface area contributed by atoms with Crippen molar-refractivity contribution >= 4 is 39.9 Å². The highest BCUT2D eigenvalue weighted by atomic mass is 79.9. The minimum atomic E-state index is 0. The fraction of sp³-hybridized carbons (Fsp3) is 0.455. The molecular weight excluding hydrogens is 297 g/mol. The van der Waals surface area contributed by atoms with Crippen LogP contribution in [0.3, 0.4) is 0 Å². The van der Waals surface area contributed by atoms with Crippen molar-refractivity contribution in [1.29, 1.82) is 0 Å². The molecule has 0 heterocycles. The Kier molecular flexibility index (Phi) is 6.85. The van der Waals surface area contributed by atoms with Crippen molar-refractivity contribution in [1.82, 2.24) is 0 Å². The Morgan fingerprint density at radius 2 is 2.07 bits per heavy atom. The lowest BCUT2D eigenvalue weighted by atomic mass is 9.93. The first-order valence-corrected chi connectivity index (χ1v) is 5.94. The highest BCUT2D eigenvalue weighted by molar-refractivity contribution is 9.10. The molecule has 15 heavy (non-hydrogen) atoms. The van der Waals surface area contributed by atoms with Gasteiger partial charge in [-0.15, -0.1) is 12.4 Å². The predicted octanol–water partition coefficient (Wildman–Crippen LogP) is 4.57. The van der Waals surface area contributed by atoms with E-state index in [0.29, 0.717) is 5.92 Å². The van der Waals surface area contributed by atoms with E-state index in [1.165, 1.54) is 0 Å². The van der Waals surface area contributed by atoms with E-state index in [9.17, 15) is 0 Å². The van der Waals surface area contributed by atoms with E-state index in [4.69, 9.17) is 17.3 Å². The first kappa shape index (κ1) is 15.2. The van der Waals surface area contributed by atoms with Crippen molar-refractivity contribution in [3.63, 3.8) is 0 Å². The molecule has 1 aromatic carbocycles. The maximum absolute atomic E-state index is 6.13. The van der Waals surface area contributed by atoms with Gasteiger partial charge in [-0.2, -0.15) is 0 Å². The van der Waals surface area contributed by atoms with E-state index in [1.807, 2.05) is 18.2 Å². The normalized spacial score (nSPS) is 14.2. The number of hydrogen-bond donors (Lipinski definition) is 1. The van der Waals surface area contributed by atoms with Gasteiger partial charge in [0.2, 0.25) is 0 Å². The molecular formula is C11H16BrCl2N. The first-order chi connectivity index (χ1) is 6.56. The Morgan fingerprint density at radius 1 is 1.47 bits per heavy atom. The summed E-state index contributed by atoms with van der Waals surface area (Å²) in [7, 11) is 0. The Hall–Kier alpha value is 0.240. The predicted molar refractivity (Wildman–Crippen MR) is 72.8 cm³/mol. The molecule has 0 aliphatic carbocycles. The van der Waals surface area contributed by atoms with Gasteiger partial charge in [-0.3, -0.25) is 0 Å². The minimum Gasteiger partial charge on any atom is -0.324 e. The lowest BCUT2D eigenvalue weighted by molar-refractivity contribution is 0.455. The summed E-state index contributed by atoms with van der Waals surface area (Å²) < 4.78 is 0.998.